The number of piperidine rings is 2. The van der Waals surface area contributed by atoms with Crippen molar-refractivity contribution in [1.82, 2.24) is 14.5 Å². The third-order valence-corrected chi connectivity index (χ3v) is 7.51. The van der Waals surface area contributed by atoms with Crippen molar-refractivity contribution >= 4 is 15.9 Å². The summed E-state index contributed by atoms with van der Waals surface area (Å²) in [5.74, 6) is -0.00703. The summed E-state index contributed by atoms with van der Waals surface area (Å²) in [5, 5.41) is 3.02. The van der Waals surface area contributed by atoms with Crippen LogP contribution in [0.3, 0.4) is 0 Å². The average molecular weight is 374 g/mol. The summed E-state index contributed by atoms with van der Waals surface area (Å²) in [6.45, 7) is 7.93. The van der Waals surface area contributed by atoms with Crippen LogP contribution in [0.5, 0.6) is 0 Å². The van der Waals surface area contributed by atoms with Gasteiger partial charge in [0.05, 0.1) is 11.7 Å². The number of carbonyl (C=O) groups excluding carboxylic acids is 1. The molecule has 6 nitrogen and oxygen atoms in total. The minimum atomic E-state index is -3.20. The molecule has 0 bridgehead atoms. The molecule has 2 rings (SSSR count). The zero-order valence-corrected chi connectivity index (χ0v) is 16.7. The fraction of sp³-hybridized carbons (Fsp3) is 0.944. The molecule has 2 heterocycles. The summed E-state index contributed by atoms with van der Waals surface area (Å²) < 4.78 is 25.9. The molecular formula is C18H35N3O3S. The van der Waals surface area contributed by atoms with Crippen LogP contribution >= 0.6 is 0 Å². The smallest absolute Gasteiger partial charge is 0.224 e. The van der Waals surface area contributed by atoms with Crippen molar-refractivity contribution in [3.8, 4) is 0 Å². The molecule has 7 heteroatoms. The second-order valence-corrected chi connectivity index (χ2v) is 9.63. The third-order valence-electron chi connectivity index (χ3n) is 5.47. The maximum atomic E-state index is 12.4. The highest BCUT2D eigenvalue weighted by atomic mass is 32.2. The number of hydrogen-bond acceptors (Lipinski definition) is 4. The first-order valence-corrected chi connectivity index (χ1v) is 11.5. The van der Waals surface area contributed by atoms with Gasteiger partial charge in [-0.2, -0.15) is 0 Å². The number of hydrogen-bond donors (Lipinski definition) is 1. The van der Waals surface area contributed by atoms with Crippen LogP contribution in [0.15, 0.2) is 0 Å². The molecule has 2 atom stereocenters. The molecule has 0 unspecified atom stereocenters. The molecule has 0 aromatic heterocycles. The molecular weight excluding hydrogens is 338 g/mol. The van der Waals surface area contributed by atoms with Crippen molar-refractivity contribution in [3.63, 3.8) is 0 Å². The van der Waals surface area contributed by atoms with Gasteiger partial charge in [0, 0.05) is 32.2 Å². The Bertz CT molecular complexity index is 524. The number of sulfonamides is 1. The van der Waals surface area contributed by atoms with E-state index in [2.05, 4.69) is 17.1 Å². The number of rotatable bonds is 8. The Kier molecular flexibility index (Phi) is 8.16. The molecule has 0 saturated carbocycles. The molecule has 2 fully saturated rings. The largest absolute Gasteiger partial charge is 0.356 e. The second-order valence-electron chi connectivity index (χ2n) is 7.54. The topological polar surface area (TPSA) is 69.7 Å². The van der Waals surface area contributed by atoms with E-state index in [0.717, 1.165) is 25.8 Å². The van der Waals surface area contributed by atoms with Crippen molar-refractivity contribution in [2.75, 3.05) is 38.5 Å². The minimum Gasteiger partial charge on any atom is -0.356 e. The van der Waals surface area contributed by atoms with Crippen LogP contribution in [-0.2, 0) is 14.8 Å². The lowest BCUT2D eigenvalue weighted by Gasteiger charge is -2.33. The standard InChI is InChI=1S/C18H35N3O3S/c1-3-14-25(23,24)21-13-6-9-17(15-21)18(22)19-10-7-12-20-11-5-4-8-16(20)2/h16-17H,3-15H2,1-2H3,(H,19,22)/t16-,17-/m1/s1. The van der Waals surface area contributed by atoms with Gasteiger partial charge in [0.1, 0.15) is 0 Å². The Morgan fingerprint density at radius 2 is 1.96 bits per heavy atom. The van der Waals surface area contributed by atoms with Gasteiger partial charge in [0.15, 0.2) is 0 Å². The molecule has 25 heavy (non-hydrogen) atoms. The minimum absolute atomic E-state index is 0.0168. The van der Waals surface area contributed by atoms with Crippen molar-refractivity contribution < 1.29 is 13.2 Å². The number of likely N-dealkylation sites (tertiary alicyclic amines) is 1. The van der Waals surface area contributed by atoms with Gasteiger partial charge in [-0.05, 0) is 52.0 Å². The van der Waals surface area contributed by atoms with Gasteiger partial charge < -0.3 is 10.2 Å². The van der Waals surface area contributed by atoms with Crippen molar-refractivity contribution in [3.05, 3.63) is 0 Å². The molecule has 0 aromatic carbocycles. The van der Waals surface area contributed by atoms with E-state index in [9.17, 15) is 13.2 Å². The summed E-state index contributed by atoms with van der Waals surface area (Å²) >= 11 is 0. The van der Waals surface area contributed by atoms with E-state index in [1.165, 1.54) is 30.1 Å². The summed E-state index contributed by atoms with van der Waals surface area (Å²) in [4.78, 5) is 14.9. The third kappa shape index (κ3) is 6.22. The number of carbonyl (C=O) groups is 1. The first kappa shape index (κ1) is 20.6. The second kappa shape index (κ2) is 9.88. The summed E-state index contributed by atoms with van der Waals surface area (Å²) in [6, 6.07) is 0.653. The molecule has 2 saturated heterocycles. The molecule has 0 spiro atoms. The van der Waals surface area contributed by atoms with Gasteiger partial charge in [0.25, 0.3) is 0 Å². The van der Waals surface area contributed by atoms with Gasteiger partial charge in [-0.15, -0.1) is 0 Å². The van der Waals surface area contributed by atoms with E-state index in [1.807, 2.05) is 6.92 Å². The Morgan fingerprint density at radius 1 is 1.16 bits per heavy atom. The van der Waals surface area contributed by atoms with Crippen LogP contribution in [0, 0.1) is 5.92 Å². The van der Waals surface area contributed by atoms with Crippen molar-refractivity contribution in [1.29, 1.82) is 0 Å². The SMILES string of the molecule is CCCS(=O)(=O)N1CCC[C@@H](C(=O)NCCCN2CCCC[C@H]2C)C1. The summed E-state index contributed by atoms with van der Waals surface area (Å²) in [7, 11) is -3.20. The predicted molar refractivity (Wildman–Crippen MR) is 101 cm³/mol. The predicted octanol–water partition coefficient (Wildman–Crippen LogP) is 1.82. The highest BCUT2D eigenvalue weighted by molar-refractivity contribution is 7.89. The van der Waals surface area contributed by atoms with Crippen LogP contribution in [0.25, 0.3) is 0 Å². The fourth-order valence-electron chi connectivity index (χ4n) is 3.92. The van der Waals surface area contributed by atoms with E-state index in [1.54, 1.807) is 0 Å². The fourth-order valence-corrected chi connectivity index (χ4v) is 5.51. The molecule has 1 N–H and O–H groups in total. The van der Waals surface area contributed by atoms with Gasteiger partial charge in [-0.3, -0.25) is 4.79 Å². The van der Waals surface area contributed by atoms with Crippen molar-refractivity contribution in [2.24, 2.45) is 5.92 Å². The quantitative estimate of drug-likeness (QED) is 0.659. The van der Waals surface area contributed by atoms with Gasteiger partial charge >= 0.3 is 0 Å². The number of nitrogens with one attached hydrogen (secondary N) is 1. The van der Waals surface area contributed by atoms with Crippen LogP contribution in [0.2, 0.25) is 0 Å². The maximum Gasteiger partial charge on any atom is 0.224 e. The number of nitrogens with zero attached hydrogens (tertiary/aromatic N) is 2. The van der Waals surface area contributed by atoms with Gasteiger partial charge in [0.2, 0.25) is 15.9 Å². The van der Waals surface area contributed by atoms with Gasteiger partial charge in [-0.1, -0.05) is 13.3 Å². The molecule has 0 radical (unpaired) electrons. The molecule has 2 aliphatic heterocycles. The summed E-state index contributed by atoms with van der Waals surface area (Å²) in [5.41, 5.74) is 0. The van der Waals surface area contributed by atoms with Crippen LogP contribution in [0.1, 0.15) is 58.8 Å². The van der Waals surface area contributed by atoms with E-state index in [4.69, 9.17) is 0 Å². The average Bonchev–Trinajstić information content (AvgIpc) is 2.60. The number of amides is 1. The first-order valence-electron chi connectivity index (χ1n) is 9.93. The van der Waals surface area contributed by atoms with Crippen LogP contribution in [0.4, 0.5) is 0 Å². The lowest BCUT2D eigenvalue weighted by atomic mass is 9.99. The van der Waals surface area contributed by atoms with Crippen LogP contribution in [-0.4, -0.2) is 68.0 Å². The maximum absolute atomic E-state index is 12.4. The van der Waals surface area contributed by atoms with E-state index in [0.29, 0.717) is 32.1 Å². The highest BCUT2D eigenvalue weighted by Gasteiger charge is 2.31. The van der Waals surface area contributed by atoms with Crippen LogP contribution < -0.4 is 5.32 Å². The Labute approximate surface area is 153 Å². The monoisotopic (exact) mass is 373 g/mol. The molecule has 2 aliphatic rings. The highest BCUT2D eigenvalue weighted by Crippen LogP contribution is 2.20. The lowest BCUT2D eigenvalue weighted by molar-refractivity contribution is -0.126. The normalized spacial score (nSPS) is 26.5. The molecule has 0 aliphatic carbocycles. The lowest BCUT2D eigenvalue weighted by Crippen LogP contribution is -2.46. The molecule has 1 amide bonds. The first-order chi connectivity index (χ1) is 11.9. The molecule has 0 aromatic rings. The molecule has 146 valence electrons. The van der Waals surface area contributed by atoms with E-state index < -0.39 is 10.0 Å². The van der Waals surface area contributed by atoms with Crippen molar-refractivity contribution in [2.45, 2.75) is 64.8 Å². The van der Waals surface area contributed by atoms with Gasteiger partial charge in [-0.25, -0.2) is 12.7 Å². The Hall–Kier alpha value is -0.660. The van der Waals surface area contributed by atoms with E-state index >= 15 is 0 Å². The Morgan fingerprint density at radius 3 is 2.68 bits per heavy atom. The zero-order chi connectivity index (χ0) is 18.3. The zero-order valence-electron chi connectivity index (χ0n) is 15.9. The summed E-state index contributed by atoms with van der Waals surface area (Å²) in [6.07, 6.45) is 7.01. The van der Waals surface area contributed by atoms with E-state index in [-0.39, 0.29) is 17.6 Å². The Balaban J connectivity index is 1.71.